The van der Waals surface area contributed by atoms with Crippen LogP contribution in [-0.2, 0) is 0 Å². The maximum absolute atomic E-state index is 5.90. The monoisotopic (exact) mass is 232 g/mol. The predicted octanol–water partition coefficient (Wildman–Crippen LogP) is 2.65. The Balaban J connectivity index is 1.92. The Kier molecular flexibility index (Phi) is 4.19. The summed E-state index contributed by atoms with van der Waals surface area (Å²) in [5.74, 6) is 0.445. The van der Waals surface area contributed by atoms with Gasteiger partial charge in [-0.05, 0) is 31.2 Å². The lowest BCUT2D eigenvalue weighted by atomic mass is 9.74. The quantitative estimate of drug-likeness (QED) is 0.791. The molecule has 0 spiro atoms. The van der Waals surface area contributed by atoms with Crippen molar-refractivity contribution in [1.82, 2.24) is 5.32 Å². The maximum Gasteiger partial charge on any atom is 0.0179 e. The normalized spacial score (nSPS) is 19.6. The van der Waals surface area contributed by atoms with Gasteiger partial charge in [0.05, 0.1) is 0 Å². The maximum atomic E-state index is 5.90. The third kappa shape index (κ3) is 2.88. The molecule has 1 aliphatic rings. The second-order valence-corrected chi connectivity index (χ2v) is 5.21. The molecule has 94 valence electrons. The Morgan fingerprint density at radius 3 is 2.47 bits per heavy atom. The predicted molar refractivity (Wildman–Crippen MR) is 73.1 cm³/mol. The fourth-order valence-corrected chi connectivity index (χ4v) is 2.66. The highest BCUT2D eigenvalue weighted by Gasteiger charge is 2.34. The van der Waals surface area contributed by atoms with Crippen LogP contribution in [0.4, 0.5) is 0 Å². The van der Waals surface area contributed by atoms with E-state index >= 15 is 0 Å². The van der Waals surface area contributed by atoms with Crippen LogP contribution in [0, 0.1) is 0 Å². The van der Waals surface area contributed by atoms with Crippen LogP contribution in [0.5, 0.6) is 0 Å². The highest BCUT2D eigenvalue weighted by molar-refractivity contribution is 5.20. The molecule has 1 aliphatic carbocycles. The number of hydrogen-bond donors (Lipinski definition) is 2. The summed E-state index contributed by atoms with van der Waals surface area (Å²) in [6.07, 6.45) is 5.27. The molecule has 3 N–H and O–H groups in total. The molecule has 1 unspecified atom stereocenters. The lowest BCUT2D eigenvalue weighted by molar-refractivity contribution is 0.175. The first kappa shape index (κ1) is 12.6. The van der Waals surface area contributed by atoms with Gasteiger partial charge in [-0.15, -0.1) is 0 Å². The van der Waals surface area contributed by atoms with Gasteiger partial charge in [0.15, 0.2) is 0 Å². The zero-order valence-electron chi connectivity index (χ0n) is 10.8. The van der Waals surface area contributed by atoms with Gasteiger partial charge in [0.2, 0.25) is 0 Å². The van der Waals surface area contributed by atoms with Crippen molar-refractivity contribution in [3.63, 3.8) is 0 Å². The molecular formula is C15H24N2. The van der Waals surface area contributed by atoms with E-state index in [1.807, 2.05) is 0 Å². The van der Waals surface area contributed by atoms with Crippen LogP contribution >= 0.6 is 0 Å². The Morgan fingerprint density at radius 1 is 1.29 bits per heavy atom. The summed E-state index contributed by atoms with van der Waals surface area (Å²) in [6.45, 7) is 4.01. The van der Waals surface area contributed by atoms with E-state index in [0.717, 1.165) is 13.1 Å². The van der Waals surface area contributed by atoms with Crippen molar-refractivity contribution in [2.24, 2.45) is 5.73 Å². The molecule has 2 rings (SSSR count). The number of nitrogens with one attached hydrogen (secondary N) is 1. The zero-order valence-corrected chi connectivity index (χ0v) is 10.8. The summed E-state index contributed by atoms with van der Waals surface area (Å²) in [6, 6.07) is 10.6. The molecule has 0 amide bonds. The van der Waals surface area contributed by atoms with Crippen molar-refractivity contribution in [3.05, 3.63) is 35.9 Å². The van der Waals surface area contributed by atoms with Crippen LogP contribution in [0.3, 0.4) is 0 Å². The molecule has 1 saturated carbocycles. The second-order valence-electron chi connectivity index (χ2n) is 5.21. The highest BCUT2D eigenvalue weighted by atomic mass is 15.0. The zero-order chi connectivity index (χ0) is 12.1. The fraction of sp³-hybridized carbons (Fsp3) is 0.600. The van der Waals surface area contributed by atoms with Gasteiger partial charge >= 0.3 is 0 Å². The van der Waals surface area contributed by atoms with Crippen molar-refractivity contribution < 1.29 is 0 Å². The van der Waals surface area contributed by atoms with E-state index in [4.69, 9.17) is 5.73 Å². The van der Waals surface area contributed by atoms with E-state index in [1.54, 1.807) is 0 Å². The minimum absolute atomic E-state index is 0.419. The summed E-state index contributed by atoms with van der Waals surface area (Å²) in [5.41, 5.74) is 7.67. The standard InChI is InChI=1S/C15H24N2/c1-2-15(9-6-10-15)17-12-14(11-16)13-7-4-3-5-8-13/h3-5,7-8,14,17H,2,6,9-12,16H2,1H3. The molecule has 1 aromatic rings. The molecule has 1 fully saturated rings. The van der Waals surface area contributed by atoms with Crippen LogP contribution in [0.1, 0.15) is 44.1 Å². The van der Waals surface area contributed by atoms with E-state index < -0.39 is 0 Å². The van der Waals surface area contributed by atoms with Crippen molar-refractivity contribution in [3.8, 4) is 0 Å². The third-order valence-electron chi connectivity index (χ3n) is 4.27. The third-order valence-corrected chi connectivity index (χ3v) is 4.27. The number of hydrogen-bond acceptors (Lipinski definition) is 2. The molecule has 0 radical (unpaired) electrons. The summed E-state index contributed by atoms with van der Waals surface area (Å²) in [5, 5.41) is 3.75. The molecule has 1 atom stereocenters. The molecule has 1 aromatic carbocycles. The summed E-state index contributed by atoms with van der Waals surface area (Å²) < 4.78 is 0. The lowest BCUT2D eigenvalue weighted by Crippen LogP contribution is -2.52. The number of nitrogens with two attached hydrogens (primary N) is 1. The van der Waals surface area contributed by atoms with E-state index in [-0.39, 0.29) is 0 Å². The molecule has 2 heteroatoms. The lowest BCUT2D eigenvalue weighted by Gasteiger charge is -2.43. The largest absolute Gasteiger partial charge is 0.330 e. The van der Waals surface area contributed by atoms with Crippen LogP contribution in [-0.4, -0.2) is 18.6 Å². The molecule has 0 heterocycles. The molecule has 0 bridgehead atoms. The first-order valence-electron chi connectivity index (χ1n) is 6.80. The summed E-state index contributed by atoms with van der Waals surface area (Å²) in [7, 11) is 0. The first-order chi connectivity index (χ1) is 8.29. The molecule has 0 aromatic heterocycles. The summed E-state index contributed by atoms with van der Waals surface area (Å²) >= 11 is 0. The van der Waals surface area contributed by atoms with Crippen LogP contribution in [0.15, 0.2) is 30.3 Å². The molecule has 17 heavy (non-hydrogen) atoms. The van der Waals surface area contributed by atoms with Crippen LogP contribution in [0.2, 0.25) is 0 Å². The Labute approximate surface area is 105 Å². The topological polar surface area (TPSA) is 38.0 Å². The van der Waals surface area contributed by atoms with Gasteiger partial charge in [0, 0.05) is 24.5 Å². The van der Waals surface area contributed by atoms with E-state index in [1.165, 1.54) is 31.2 Å². The minimum Gasteiger partial charge on any atom is -0.330 e. The fourth-order valence-electron chi connectivity index (χ4n) is 2.66. The van der Waals surface area contributed by atoms with E-state index in [2.05, 4.69) is 42.6 Å². The van der Waals surface area contributed by atoms with Crippen molar-refractivity contribution >= 4 is 0 Å². The van der Waals surface area contributed by atoms with Gasteiger partial charge in [-0.3, -0.25) is 0 Å². The molecule has 0 aliphatic heterocycles. The average Bonchev–Trinajstić information content (AvgIpc) is 2.34. The highest BCUT2D eigenvalue weighted by Crippen LogP contribution is 2.34. The van der Waals surface area contributed by atoms with Gasteiger partial charge in [-0.1, -0.05) is 37.3 Å². The molecule has 2 nitrogen and oxygen atoms in total. The smallest absolute Gasteiger partial charge is 0.0179 e. The number of benzene rings is 1. The van der Waals surface area contributed by atoms with Gasteiger partial charge in [-0.25, -0.2) is 0 Å². The SMILES string of the molecule is CCC1(NCC(CN)c2ccccc2)CCC1. The Morgan fingerprint density at radius 2 is 2.00 bits per heavy atom. The van der Waals surface area contributed by atoms with Crippen molar-refractivity contribution in [2.45, 2.75) is 44.1 Å². The first-order valence-corrected chi connectivity index (χ1v) is 6.80. The van der Waals surface area contributed by atoms with Gasteiger partial charge in [-0.2, -0.15) is 0 Å². The average molecular weight is 232 g/mol. The van der Waals surface area contributed by atoms with Gasteiger partial charge in [0.25, 0.3) is 0 Å². The van der Waals surface area contributed by atoms with Gasteiger partial charge < -0.3 is 11.1 Å². The Bertz CT molecular complexity index is 325. The van der Waals surface area contributed by atoms with Crippen LogP contribution < -0.4 is 11.1 Å². The van der Waals surface area contributed by atoms with Crippen LogP contribution in [0.25, 0.3) is 0 Å². The number of rotatable bonds is 6. The molecule has 0 saturated heterocycles. The second kappa shape index (κ2) is 5.65. The Hall–Kier alpha value is -0.860. The minimum atomic E-state index is 0.419. The van der Waals surface area contributed by atoms with Gasteiger partial charge in [0.1, 0.15) is 0 Å². The van der Waals surface area contributed by atoms with Crippen molar-refractivity contribution in [2.75, 3.05) is 13.1 Å². The van der Waals surface area contributed by atoms with Crippen molar-refractivity contribution in [1.29, 1.82) is 0 Å². The molecular weight excluding hydrogens is 208 g/mol. The van der Waals surface area contributed by atoms with E-state index in [0.29, 0.717) is 11.5 Å². The van der Waals surface area contributed by atoms with E-state index in [9.17, 15) is 0 Å². The summed E-state index contributed by atoms with van der Waals surface area (Å²) in [4.78, 5) is 0.